The van der Waals surface area contributed by atoms with E-state index < -0.39 is 10.5 Å². The van der Waals surface area contributed by atoms with Gasteiger partial charge in [0.1, 0.15) is 5.60 Å². The Labute approximate surface area is 99.3 Å². The zero-order chi connectivity index (χ0) is 12.3. The van der Waals surface area contributed by atoms with Crippen molar-refractivity contribution in [2.45, 2.75) is 32.3 Å². The van der Waals surface area contributed by atoms with Crippen molar-refractivity contribution in [3.05, 3.63) is 33.9 Å². The molecule has 0 N–H and O–H groups in total. The first-order valence-electron chi connectivity index (χ1n) is 4.86. The molecule has 0 fully saturated rings. The quantitative estimate of drug-likeness (QED) is 0.464. The van der Waals surface area contributed by atoms with E-state index in [2.05, 4.69) is 0 Å². The molecule has 0 unspecified atom stereocenters. The van der Waals surface area contributed by atoms with E-state index in [0.717, 1.165) is 0 Å². The minimum absolute atomic E-state index is 0.0481. The Bertz CT molecular complexity index is 399. The molecule has 1 rings (SSSR count). The molecule has 0 aliphatic heterocycles. The number of nitro benzene ring substituents is 1. The van der Waals surface area contributed by atoms with Crippen molar-refractivity contribution in [2.75, 3.05) is 0 Å². The molecule has 5 heteroatoms. The average molecular weight is 244 g/mol. The minimum atomic E-state index is -0.465. The van der Waals surface area contributed by atoms with E-state index in [9.17, 15) is 10.1 Å². The number of hydrogen-bond donors (Lipinski definition) is 0. The molecule has 4 nitrogen and oxygen atoms in total. The Kier molecular flexibility index (Phi) is 3.75. The largest absolute Gasteiger partial charge is 0.481 e. The third kappa shape index (κ3) is 3.38. The second-order valence-electron chi connectivity index (χ2n) is 4.41. The fourth-order valence-corrected chi connectivity index (χ4v) is 1.37. The highest BCUT2D eigenvalue weighted by atomic mass is 35.5. The lowest BCUT2D eigenvalue weighted by atomic mass is 10.1. The zero-order valence-corrected chi connectivity index (χ0v) is 10.2. The van der Waals surface area contributed by atoms with Gasteiger partial charge in [-0.3, -0.25) is 10.1 Å². The van der Waals surface area contributed by atoms with Crippen molar-refractivity contribution in [1.29, 1.82) is 0 Å². The predicted octanol–water partition coefficient (Wildman–Crippen LogP) is 3.51. The lowest BCUT2D eigenvalue weighted by Gasteiger charge is -2.21. The molecule has 1 aromatic rings. The number of ether oxygens (including phenoxy) is 1. The van der Waals surface area contributed by atoms with Gasteiger partial charge in [-0.25, -0.2) is 0 Å². The Balaban J connectivity index is 3.13. The van der Waals surface area contributed by atoms with Crippen molar-refractivity contribution < 1.29 is 9.66 Å². The number of benzene rings is 1. The van der Waals surface area contributed by atoms with Gasteiger partial charge in [-0.15, -0.1) is 11.6 Å². The molecule has 0 spiro atoms. The first-order chi connectivity index (χ1) is 7.33. The van der Waals surface area contributed by atoms with Gasteiger partial charge in [-0.2, -0.15) is 0 Å². The number of alkyl halides is 1. The molecule has 0 heterocycles. The van der Waals surface area contributed by atoms with Crippen LogP contribution in [0.25, 0.3) is 0 Å². The summed E-state index contributed by atoms with van der Waals surface area (Å²) in [5.41, 5.74) is 0.190. The van der Waals surface area contributed by atoms with Crippen molar-refractivity contribution in [3.63, 3.8) is 0 Å². The van der Waals surface area contributed by atoms with Crippen LogP contribution in [0.3, 0.4) is 0 Å². The standard InChI is InChI=1S/C11H14ClNO3/c1-11(2,3)16-10-5-4-8(7-12)6-9(10)13(14)15/h4-6H,7H2,1-3H3. The highest BCUT2D eigenvalue weighted by Crippen LogP contribution is 2.31. The molecule has 0 saturated carbocycles. The van der Waals surface area contributed by atoms with E-state index in [1.54, 1.807) is 12.1 Å². The first kappa shape index (κ1) is 12.8. The fraction of sp³-hybridized carbons (Fsp3) is 0.455. The summed E-state index contributed by atoms with van der Waals surface area (Å²) in [6.07, 6.45) is 0. The maximum atomic E-state index is 10.9. The van der Waals surface area contributed by atoms with Gasteiger partial charge in [0.15, 0.2) is 5.75 Å². The molecular weight excluding hydrogens is 230 g/mol. The molecular formula is C11H14ClNO3. The van der Waals surface area contributed by atoms with Crippen LogP contribution in [0.2, 0.25) is 0 Å². The van der Waals surface area contributed by atoms with Crippen LogP contribution in [0.1, 0.15) is 26.3 Å². The number of nitrogens with zero attached hydrogens (tertiary/aromatic N) is 1. The Morgan fingerprint density at radius 2 is 2.06 bits per heavy atom. The topological polar surface area (TPSA) is 52.4 Å². The van der Waals surface area contributed by atoms with Gasteiger partial charge in [0.2, 0.25) is 0 Å². The van der Waals surface area contributed by atoms with E-state index in [4.69, 9.17) is 16.3 Å². The molecule has 0 aromatic heterocycles. The van der Waals surface area contributed by atoms with Crippen molar-refractivity contribution >= 4 is 17.3 Å². The second-order valence-corrected chi connectivity index (χ2v) is 4.67. The number of rotatable bonds is 3. The minimum Gasteiger partial charge on any atom is -0.481 e. The third-order valence-electron chi connectivity index (χ3n) is 1.79. The molecule has 0 saturated heterocycles. The zero-order valence-electron chi connectivity index (χ0n) is 9.49. The molecule has 0 amide bonds. The number of hydrogen-bond acceptors (Lipinski definition) is 3. The van der Waals surface area contributed by atoms with Crippen LogP contribution in [0.15, 0.2) is 18.2 Å². The van der Waals surface area contributed by atoms with Crippen LogP contribution in [-0.4, -0.2) is 10.5 Å². The molecule has 0 aliphatic carbocycles. The predicted molar refractivity (Wildman–Crippen MR) is 63.0 cm³/mol. The van der Waals surface area contributed by atoms with Crippen molar-refractivity contribution in [2.24, 2.45) is 0 Å². The smallest absolute Gasteiger partial charge is 0.311 e. The Morgan fingerprint density at radius 1 is 1.44 bits per heavy atom. The average Bonchev–Trinajstić information content (AvgIpc) is 2.15. The summed E-state index contributed by atoms with van der Waals surface area (Å²) < 4.78 is 5.51. The third-order valence-corrected chi connectivity index (χ3v) is 2.10. The first-order valence-corrected chi connectivity index (χ1v) is 5.39. The van der Waals surface area contributed by atoms with Gasteiger partial charge in [0, 0.05) is 11.9 Å². The van der Waals surface area contributed by atoms with Crippen molar-refractivity contribution in [1.82, 2.24) is 0 Å². The highest BCUT2D eigenvalue weighted by Gasteiger charge is 2.21. The Morgan fingerprint density at radius 3 is 2.50 bits per heavy atom. The monoisotopic (exact) mass is 243 g/mol. The maximum Gasteiger partial charge on any atom is 0.311 e. The summed E-state index contributed by atoms with van der Waals surface area (Å²) in [5.74, 6) is 0.516. The summed E-state index contributed by atoms with van der Waals surface area (Å²) in [6, 6.07) is 4.75. The highest BCUT2D eigenvalue weighted by molar-refractivity contribution is 6.17. The lowest BCUT2D eigenvalue weighted by Crippen LogP contribution is -2.23. The van der Waals surface area contributed by atoms with Gasteiger partial charge >= 0.3 is 5.69 Å². The number of nitro groups is 1. The summed E-state index contributed by atoms with van der Waals surface area (Å²) in [6.45, 7) is 5.52. The molecule has 0 atom stereocenters. The molecule has 88 valence electrons. The molecule has 1 aromatic carbocycles. The van der Waals surface area contributed by atoms with Crippen molar-refractivity contribution in [3.8, 4) is 5.75 Å². The SMILES string of the molecule is CC(C)(C)Oc1ccc(CCl)cc1[N+](=O)[O-]. The molecule has 16 heavy (non-hydrogen) atoms. The van der Waals surface area contributed by atoms with Crippen LogP contribution in [0.5, 0.6) is 5.75 Å². The van der Waals surface area contributed by atoms with Crippen LogP contribution in [0.4, 0.5) is 5.69 Å². The molecule has 0 radical (unpaired) electrons. The molecule has 0 aliphatic rings. The van der Waals surface area contributed by atoms with Gasteiger partial charge in [-0.05, 0) is 32.4 Å². The van der Waals surface area contributed by atoms with Crippen LogP contribution in [-0.2, 0) is 5.88 Å². The van der Waals surface area contributed by atoms with E-state index in [1.165, 1.54) is 6.07 Å². The fourth-order valence-electron chi connectivity index (χ4n) is 1.20. The lowest BCUT2D eigenvalue weighted by molar-refractivity contribution is -0.386. The molecule has 0 bridgehead atoms. The Hall–Kier alpha value is -1.29. The van der Waals surface area contributed by atoms with Crippen LogP contribution in [0, 0.1) is 10.1 Å². The van der Waals surface area contributed by atoms with Crippen LogP contribution < -0.4 is 4.74 Å². The maximum absolute atomic E-state index is 10.9. The van der Waals surface area contributed by atoms with Gasteiger partial charge in [-0.1, -0.05) is 6.07 Å². The number of halogens is 1. The summed E-state index contributed by atoms with van der Waals surface area (Å²) in [7, 11) is 0. The second kappa shape index (κ2) is 4.70. The van der Waals surface area contributed by atoms with Gasteiger partial charge in [0.05, 0.1) is 4.92 Å². The summed E-state index contributed by atoms with van der Waals surface area (Å²) in [4.78, 5) is 10.4. The normalized spacial score (nSPS) is 11.2. The summed E-state index contributed by atoms with van der Waals surface area (Å²) >= 11 is 5.63. The van der Waals surface area contributed by atoms with Crippen LogP contribution >= 0.6 is 11.6 Å². The van der Waals surface area contributed by atoms with E-state index in [-0.39, 0.29) is 17.3 Å². The summed E-state index contributed by atoms with van der Waals surface area (Å²) in [5, 5.41) is 10.9. The van der Waals surface area contributed by atoms with E-state index in [0.29, 0.717) is 5.56 Å². The van der Waals surface area contributed by atoms with Gasteiger partial charge < -0.3 is 4.74 Å². The van der Waals surface area contributed by atoms with E-state index in [1.807, 2.05) is 20.8 Å². The van der Waals surface area contributed by atoms with E-state index >= 15 is 0 Å². The van der Waals surface area contributed by atoms with Gasteiger partial charge in [0.25, 0.3) is 0 Å².